The molecule has 0 radical (unpaired) electrons. The van der Waals surface area contributed by atoms with E-state index >= 15 is 0 Å². The predicted octanol–water partition coefficient (Wildman–Crippen LogP) is 2.16. The summed E-state index contributed by atoms with van der Waals surface area (Å²) in [5, 5.41) is 3.07. The van der Waals surface area contributed by atoms with E-state index in [2.05, 4.69) is 5.32 Å². The summed E-state index contributed by atoms with van der Waals surface area (Å²) < 4.78 is 28.9. The van der Waals surface area contributed by atoms with E-state index in [4.69, 9.17) is 10.5 Å². The van der Waals surface area contributed by atoms with E-state index in [0.717, 1.165) is 0 Å². The summed E-state index contributed by atoms with van der Waals surface area (Å²) >= 11 is 0. The van der Waals surface area contributed by atoms with Crippen molar-refractivity contribution in [3.63, 3.8) is 0 Å². The van der Waals surface area contributed by atoms with Gasteiger partial charge in [-0.15, -0.1) is 0 Å². The summed E-state index contributed by atoms with van der Waals surface area (Å²) in [6.45, 7) is 0.892. The summed E-state index contributed by atoms with van der Waals surface area (Å²) in [4.78, 5) is 0.286. The highest BCUT2D eigenvalue weighted by atomic mass is 32.2. The van der Waals surface area contributed by atoms with Gasteiger partial charge >= 0.3 is 0 Å². The van der Waals surface area contributed by atoms with Gasteiger partial charge in [-0.3, -0.25) is 0 Å². The molecule has 21 heavy (non-hydrogen) atoms. The van der Waals surface area contributed by atoms with Crippen molar-refractivity contribution < 1.29 is 13.2 Å². The van der Waals surface area contributed by atoms with Crippen LogP contribution in [0.25, 0.3) is 0 Å². The Labute approximate surface area is 124 Å². The lowest BCUT2D eigenvalue weighted by atomic mass is 10.3. The molecule has 0 saturated heterocycles. The number of nitrogens with one attached hydrogen (secondary N) is 1. The standard InChI is InChI=1S/C15H18N2O3S/c1-21(18,19)15-8-3-2-7-14(15)17-9-10-20-13-6-4-5-12(16)11-13/h2-8,11,17H,9-10,16H2,1H3. The second kappa shape index (κ2) is 6.49. The normalized spacial score (nSPS) is 11.1. The van der Waals surface area contributed by atoms with Gasteiger partial charge in [-0.1, -0.05) is 18.2 Å². The van der Waals surface area contributed by atoms with Gasteiger partial charge in [0.25, 0.3) is 0 Å². The van der Waals surface area contributed by atoms with E-state index in [1.54, 1.807) is 36.4 Å². The van der Waals surface area contributed by atoms with Gasteiger partial charge < -0.3 is 15.8 Å². The Balaban J connectivity index is 1.93. The zero-order valence-electron chi connectivity index (χ0n) is 11.7. The molecule has 0 fully saturated rings. The second-order valence-corrected chi connectivity index (χ2v) is 6.60. The molecule has 112 valence electrons. The number of benzene rings is 2. The molecule has 0 bridgehead atoms. The van der Waals surface area contributed by atoms with Crippen LogP contribution in [0, 0.1) is 0 Å². The smallest absolute Gasteiger partial charge is 0.177 e. The van der Waals surface area contributed by atoms with Crippen LogP contribution in [-0.2, 0) is 9.84 Å². The minimum atomic E-state index is -3.25. The molecule has 3 N–H and O–H groups in total. The minimum Gasteiger partial charge on any atom is -0.492 e. The first-order valence-corrected chi connectivity index (χ1v) is 8.37. The average Bonchev–Trinajstić information content (AvgIpc) is 2.43. The molecule has 2 aromatic rings. The van der Waals surface area contributed by atoms with Gasteiger partial charge in [0.2, 0.25) is 0 Å². The molecule has 0 aromatic heterocycles. The van der Waals surface area contributed by atoms with E-state index in [1.807, 2.05) is 12.1 Å². The van der Waals surface area contributed by atoms with E-state index in [0.29, 0.717) is 30.3 Å². The van der Waals surface area contributed by atoms with E-state index in [1.165, 1.54) is 6.26 Å². The fourth-order valence-corrected chi connectivity index (χ4v) is 2.76. The van der Waals surface area contributed by atoms with Crippen molar-refractivity contribution in [1.29, 1.82) is 0 Å². The van der Waals surface area contributed by atoms with Crippen molar-refractivity contribution in [3.05, 3.63) is 48.5 Å². The number of anilines is 2. The van der Waals surface area contributed by atoms with Crippen molar-refractivity contribution >= 4 is 21.2 Å². The third-order valence-corrected chi connectivity index (χ3v) is 3.99. The number of para-hydroxylation sites is 1. The maximum absolute atomic E-state index is 11.7. The zero-order valence-corrected chi connectivity index (χ0v) is 12.6. The van der Waals surface area contributed by atoms with E-state index in [-0.39, 0.29) is 4.90 Å². The molecular weight excluding hydrogens is 288 g/mol. The maximum atomic E-state index is 11.7. The molecule has 2 rings (SSSR count). The Morgan fingerprint density at radius 2 is 1.90 bits per heavy atom. The molecule has 0 aliphatic heterocycles. The first-order valence-electron chi connectivity index (χ1n) is 6.48. The van der Waals surface area contributed by atoms with Crippen molar-refractivity contribution in [1.82, 2.24) is 0 Å². The molecule has 0 saturated carbocycles. The monoisotopic (exact) mass is 306 g/mol. The number of ether oxygens (including phenoxy) is 1. The highest BCUT2D eigenvalue weighted by Gasteiger charge is 2.11. The van der Waals surface area contributed by atoms with Gasteiger partial charge in [-0.25, -0.2) is 8.42 Å². The predicted molar refractivity (Wildman–Crippen MR) is 84.4 cm³/mol. The first-order chi connectivity index (χ1) is 9.97. The summed E-state index contributed by atoms with van der Waals surface area (Å²) in [5.41, 5.74) is 6.88. The number of hydrogen-bond donors (Lipinski definition) is 2. The van der Waals surface area contributed by atoms with Crippen LogP contribution < -0.4 is 15.8 Å². The lowest BCUT2D eigenvalue weighted by Crippen LogP contribution is -2.13. The van der Waals surface area contributed by atoms with Crippen LogP contribution in [0.3, 0.4) is 0 Å². The maximum Gasteiger partial charge on any atom is 0.177 e. The van der Waals surface area contributed by atoms with Gasteiger partial charge in [0, 0.05) is 24.6 Å². The fraction of sp³-hybridized carbons (Fsp3) is 0.200. The zero-order chi connectivity index (χ0) is 15.3. The quantitative estimate of drug-likeness (QED) is 0.631. The topological polar surface area (TPSA) is 81.4 Å². The van der Waals surface area contributed by atoms with Gasteiger partial charge in [-0.2, -0.15) is 0 Å². The van der Waals surface area contributed by atoms with Crippen LogP contribution in [-0.4, -0.2) is 27.8 Å². The van der Waals surface area contributed by atoms with Crippen LogP contribution in [0.1, 0.15) is 0 Å². The number of sulfone groups is 1. The van der Waals surface area contributed by atoms with E-state index in [9.17, 15) is 8.42 Å². The van der Waals surface area contributed by atoms with Crippen molar-refractivity contribution in [2.75, 3.05) is 30.5 Å². The Kier molecular flexibility index (Phi) is 4.70. The van der Waals surface area contributed by atoms with E-state index < -0.39 is 9.84 Å². The SMILES string of the molecule is CS(=O)(=O)c1ccccc1NCCOc1cccc(N)c1. The van der Waals surface area contributed by atoms with Crippen LogP contribution in [0.5, 0.6) is 5.75 Å². The summed E-state index contributed by atoms with van der Waals surface area (Å²) in [6, 6.07) is 14.0. The highest BCUT2D eigenvalue weighted by Crippen LogP contribution is 2.20. The first kappa shape index (κ1) is 15.2. The lowest BCUT2D eigenvalue weighted by Gasteiger charge is -2.11. The fourth-order valence-electron chi connectivity index (χ4n) is 1.89. The van der Waals surface area contributed by atoms with Crippen LogP contribution in [0.15, 0.2) is 53.4 Å². The molecule has 5 nitrogen and oxygen atoms in total. The summed E-state index contributed by atoms with van der Waals surface area (Å²) in [5.74, 6) is 0.688. The van der Waals surface area contributed by atoms with Gasteiger partial charge in [0.05, 0.1) is 10.6 Å². The molecule has 0 spiro atoms. The Morgan fingerprint density at radius 1 is 1.14 bits per heavy atom. The summed E-state index contributed by atoms with van der Waals surface area (Å²) in [6.07, 6.45) is 1.19. The minimum absolute atomic E-state index is 0.286. The average molecular weight is 306 g/mol. The van der Waals surface area contributed by atoms with Crippen molar-refractivity contribution in [3.8, 4) is 5.75 Å². The molecule has 0 heterocycles. The number of nitrogens with two attached hydrogens (primary N) is 1. The number of hydrogen-bond acceptors (Lipinski definition) is 5. The lowest BCUT2D eigenvalue weighted by molar-refractivity contribution is 0.333. The third-order valence-electron chi connectivity index (χ3n) is 2.83. The van der Waals surface area contributed by atoms with Crippen LogP contribution in [0.2, 0.25) is 0 Å². The highest BCUT2D eigenvalue weighted by molar-refractivity contribution is 7.90. The number of rotatable bonds is 6. The molecular formula is C15H18N2O3S. The van der Waals surface area contributed by atoms with Crippen LogP contribution in [0.4, 0.5) is 11.4 Å². The number of nitrogen functional groups attached to an aromatic ring is 1. The molecule has 0 atom stereocenters. The van der Waals surface area contributed by atoms with Crippen molar-refractivity contribution in [2.45, 2.75) is 4.90 Å². The van der Waals surface area contributed by atoms with Gasteiger partial charge in [0.1, 0.15) is 12.4 Å². The molecule has 2 aromatic carbocycles. The molecule has 0 aliphatic carbocycles. The van der Waals surface area contributed by atoms with Crippen molar-refractivity contribution in [2.24, 2.45) is 0 Å². The third kappa shape index (κ3) is 4.39. The van der Waals surface area contributed by atoms with Gasteiger partial charge in [-0.05, 0) is 24.3 Å². The summed E-state index contributed by atoms with van der Waals surface area (Å²) in [7, 11) is -3.25. The largest absolute Gasteiger partial charge is 0.492 e. The Bertz CT molecular complexity index is 714. The molecule has 0 amide bonds. The molecule has 6 heteroatoms. The van der Waals surface area contributed by atoms with Gasteiger partial charge in [0.15, 0.2) is 9.84 Å². The Hall–Kier alpha value is -2.21. The molecule has 0 aliphatic rings. The Morgan fingerprint density at radius 3 is 2.62 bits per heavy atom. The van der Waals surface area contributed by atoms with Crippen LogP contribution >= 0.6 is 0 Å². The second-order valence-electron chi connectivity index (χ2n) is 4.62. The molecule has 0 unspecified atom stereocenters.